The fourth-order valence-electron chi connectivity index (χ4n) is 3.67. The van der Waals surface area contributed by atoms with Gasteiger partial charge in [0.25, 0.3) is 0 Å². The van der Waals surface area contributed by atoms with E-state index in [1.54, 1.807) is 7.11 Å². The predicted molar refractivity (Wildman–Crippen MR) is 107 cm³/mol. The molecule has 1 saturated heterocycles. The monoisotopic (exact) mass is 386 g/mol. The number of nitrogens with zero attached hydrogens (tertiary/aromatic N) is 3. The van der Waals surface area contributed by atoms with E-state index in [2.05, 4.69) is 20.4 Å². The average Bonchev–Trinajstić information content (AvgIpc) is 3.16. The Labute approximate surface area is 166 Å². The van der Waals surface area contributed by atoms with Crippen molar-refractivity contribution in [2.75, 3.05) is 25.5 Å². The third-order valence-electron chi connectivity index (χ3n) is 5.26. The molecule has 2 heterocycles. The van der Waals surface area contributed by atoms with Gasteiger partial charge in [0.15, 0.2) is 0 Å². The van der Waals surface area contributed by atoms with E-state index in [9.17, 15) is 4.79 Å². The predicted octanol–water partition coefficient (Wildman–Crippen LogP) is 3.58. The van der Waals surface area contributed by atoms with Crippen molar-refractivity contribution in [3.8, 4) is 5.75 Å². The lowest BCUT2D eigenvalue weighted by Crippen LogP contribution is -2.35. The molecule has 1 unspecified atom stereocenters. The summed E-state index contributed by atoms with van der Waals surface area (Å²) in [5.41, 5.74) is 1.85. The molecule has 152 valence electrons. The van der Waals surface area contributed by atoms with Crippen LogP contribution in [0.4, 0.5) is 5.69 Å². The van der Waals surface area contributed by atoms with Gasteiger partial charge in [0.05, 0.1) is 13.7 Å². The summed E-state index contributed by atoms with van der Waals surface area (Å²) < 4.78 is 10.8. The van der Waals surface area contributed by atoms with E-state index in [1.807, 2.05) is 32.0 Å². The Kier molecular flexibility index (Phi) is 7.03. The van der Waals surface area contributed by atoms with Crippen LogP contribution in [0.15, 0.2) is 22.6 Å². The number of ether oxygens (including phenoxy) is 1. The summed E-state index contributed by atoms with van der Waals surface area (Å²) in [6.45, 7) is 6.68. The molecule has 1 fully saturated rings. The standard InChI is InChI=1S/C21H30N4O3/c1-4-20-23-24-21(28-20)14-25-11-5-6-16(13-25)7-10-19(26)22-18-9-8-17(27-3)12-15(18)2/h8-9,12,16H,4-7,10-11,13-14H2,1-3H3,(H,22,26). The molecule has 0 radical (unpaired) electrons. The lowest BCUT2D eigenvalue weighted by Gasteiger charge is -2.31. The molecule has 2 aromatic rings. The van der Waals surface area contributed by atoms with Crippen molar-refractivity contribution >= 4 is 11.6 Å². The lowest BCUT2D eigenvalue weighted by molar-refractivity contribution is -0.116. The maximum absolute atomic E-state index is 12.4. The molecule has 28 heavy (non-hydrogen) atoms. The number of hydrogen-bond donors (Lipinski definition) is 1. The van der Waals surface area contributed by atoms with E-state index in [1.165, 1.54) is 0 Å². The first-order valence-electron chi connectivity index (χ1n) is 10.1. The summed E-state index contributed by atoms with van der Waals surface area (Å²) in [4.78, 5) is 14.7. The van der Waals surface area contributed by atoms with Crippen LogP contribution in [-0.2, 0) is 17.8 Å². The minimum absolute atomic E-state index is 0.0647. The number of hydrogen-bond acceptors (Lipinski definition) is 6. The van der Waals surface area contributed by atoms with Crippen LogP contribution in [-0.4, -0.2) is 41.2 Å². The van der Waals surface area contributed by atoms with Crippen molar-refractivity contribution in [3.63, 3.8) is 0 Å². The summed E-state index contributed by atoms with van der Waals surface area (Å²) in [6.07, 6.45) is 4.48. The van der Waals surface area contributed by atoms with Crippen LogP contribution >= 0.6 is 0 Å². The van der Waals surface area contributed by atoms with Crippen molar-refractivity contribution in [1.82, 2.24) is 15.1 Å². The summed E-state index contributed by atoms with van der Waals surface area (Å²) >= 11 is 0. The van der Waals surface area contributed by atoms with Crippen LogP contribution in [0.1, 0.15) is 50.0 Å². The molecule has 0 bridgehead atoms. The number of carbonyl (C=O) groups excluding carboxylic acids is 1. The zero-order chi connectivity index (χ0) is 19.9. The Morgan fingerprint density at radius 1 is 1.36 bits per heavy atom. The molecule has 7 nitrogen and oxygen atoms in total. The molecule has 1 atom stereocenters. The summed E-state index contributed by atoms with van der Waals surface area (Å²) in [7, 11) is 1.64. The molecular weight excluding hydrogens is 356 g/mol. The summed E-state index contributed by atoms with van der Waals surface area (Å²) in [6, 6.07) is 5.68. The molecular formula is C21H30N4O3. The fourth-order valence-corrected chi connectivity index (χ4v) is 3.67. The molecule has 1 aromatic heterocycles. The molecule has 1 N–H and O–H groups in total. The van der Waals surface area contributed by atoms with Gasteiger partial charge in [0.2, 0.25) is 17.7 Å². The number of rotatable bonds is 8. The highest BCUT2D eigenvalue weighted by atomic mass is 16.5. The third-order valence-corrected chi connectivity index (χ3v) is 5.26. The molecule has 1 aromatic carbocycles. The topological polar surface area (TPSA) is 80.5 Å². The number of nitrogens with one attached hydrogen (secondary N) is 1. The number of benzene rings is 1. The number of piperidine rings is 1. The van der Waals surface area contributed by atoms with Crippen molar-refractivity contribution in [2.24, 2.45) is 5.92 Å². The van der Waals surface area contributed by atoms with Crippen LogP contribution in [0.3, 0.4) is 0 Å². The van der Waals surface area contributed by atoms with Gasteiger partial charge in [-0.25, -0.2) is 0 Å². The number of amides is 1. The fraction of sp³-hybridized carbons (Fsp3) is 0.571. The van der Waals surface area contributed by atoms with Gasteiger partial charge in [-0.1, -0.05) is 6.92 Å². The normalized spacial score (nSPS) is 17.5. The number of anilines is 1. The first kappa shape index (κ1) is 20.3. The first-order valence-corrected chi connectivity index (χ1v) is 10.1. The van der Waals surface area contributed by atoms with Crippen molar-refractivity contribution in [1.29, 1.82) is 0 Å². The number of likely N-dealkylation sites (tertiary alicyclic amines) is 1. The highest BCUT2D eigenvalue weighted by Gasteiger charge is 2.22. The lowest BCUT2D eigenvalue weighted by atomic mass is 9.93. The smallest absolute Gasteiger partial charge is 0.230 e. The van der Waals surface area contributed by atoms with Crippen LogP contribution in [0.25, 0.3) is 0 Å². The summed E-state index contributed by atoms with van der Waals surface area (Å²) in [5.74, 6) is 2.75. The zero-order valence-corrected chi connectivity index (χ0v) is 17.0. The van der Waals surface area contributed by atoms with Crippen molar-refractivity contribution in [3.05, 3.63) is 35.5 Å². The number of methoxy groups -OCH3 is 1. The average molecular weight is 386 g/mol. The highest BCUT2D eigenvalue weighted by molar-refractivity contribution is 5.91. The maximum atomic E-state index is 12.4. The Balaban J connectivity index is 1.45. The van der Waals surface area contributed by atoms with Gasteiger partial charge in [-0.05, 0) is 62.4 Å². The zero-order valence-electron chi connectivity index (χ0n) is 17.0. The van der Waals surface area contributed by atoms with Crippen molar-refractivity contribution < 1.29 is 13.9 Å². The Bertz CT molecular complexity index is 790. The van der Waals surface area contributed by atoms with Gasteiger partial charge >= 0.3 is 0 Å². The SMILES string of the molecule is CCc1nnc(CN2CCCC(CCC(=O)Nc3ccc(OC)cc3C)C2)o1. The van der Waals surface area contributed by atoms with Gasteiger partial charge in [0, 0.05) is 25.1 Å². The second-order valence-corrected chi connectivity index (χ2v) is 7.45. The first-order chi connectivity index (χ1) is 13.6. The minimum atomic E-state index is 0.0647. The van der Waals surface area contributed by atoms with Gasteiger partial charge in [-0.15, -0.1) is 10.2 Å². The second-order valence-electron chi connectivity index (χ2n) is 7.45. The van der Waals surface area contributed by atoms with Gasteiger partial charge < -0.3 is 14.5 Å². The van der Waals surface area contributed by atoms with E-state index in [0.29, 0.717) is 30.7 Å². The van der Waals surface area contributed by atoms with E-state index >= 15 is 0 Å². The molecule has 1 aliphatic rings. The van der Waals surface area contributed by atoms with E-state index < -0.39 is 0 Å². The van der Waals surface area contributed by atoms with Crippen LogP contribution < -0.4 is 10.1 Å². The molecule has 0 aliphatic carbocycles. The molecule has 0 spiro atoms. The molecule has 7 heteroatoms. The quantitative estimate of drug-likeness (QED) is 0.747. The number of aromatic nitrogens is 2. The number of aryl methyl sites for hydroxylation is 2. The van der Waals surface area contributed by atoms with Crippen LogP contribution in [0.2, 0.25) is 0 Å². The van der Waals surface area contributed by atoms with Gasteiger partial charge in [-0.3, -0.25) is 9.69 Å². The Morgan fingerprint density at radius 3 is 2.89 bits per heavy atom. The van der Waals surface area contributed by atoms with Crippen LogP contribution in [0.5, 0.6) is 5.75 Å². The van der Waals surface area contributed by atoms with E-state index in [0.717, 1.165) is 55.8 Å². The van der Waals surface area contributed by atoms with Gasteiger partial charge in [0.1, 0.15) is 5.75 Å². The Hall–Kier alpha value is -2.41. The Morgan fingerprint density at radius 2 is 2.18 bits per heavy atom. The largest absolute Gasteiger partial charge is 0.497 e. The van der Waals surface area contributed by atoms with Gasteiger partial charge in [-0.2, -0.15) is 0 Å². The maximum Gasteiger partial charge on any atom is 0.230 e. The highest BCUT2D eigenvalue weighted by Crippen LogP contribution is 2.24. The third kappa shape index (κ3) is 5.55. The molecule has 1 amide bonds. The molecule has 3 rings (SSSR count). The molecule has 1 aliphatic heterocycles. The number of carbonyl (C=O) groups is 1. The molecule has 0 saturated carbocycles. The van der Waals surface area contributed by atoms with Crippen molar-refractivity contribution in [2.45, 2.75) is 52.5 Å². The van der Waals surface area contributed by atoms with E-state index in [4.69, 9.17) is 9.15 Å². The second kappa shape index (κ2) is 9.68. The van der Waals surface area contributed by atoms with Crippen LogP contribution in [0, 0.1) is 12.8 Å². The summed E-state index contributed by atoms with van der Waals surface area (Å²) in [5, 5.41) is 11.2. The minimum Gasteiger partial charge on any atom is -0.497 e. The van der Waals surface area contributed by atoms with E-state index in [-0.39, 0.29) is 5.91 Å².